The minimum atomic E-state index is 0.709. The molecule has 0 bridgehead atoms. The van der Waals surface area contributed by atoms with E-state index in [1.54, 1.807) is 12.5 Å². The van der Waals surface area contributed by atoms with Crippen LogP contribution < -0.4 is 10.6 Å². The maximum atomic E-state index is 4.17. The summed E-state index contributed by atoms with van der Waals surface area (Å²) in [6.07, 6.45) is 5.89. The standard InChI is InChI=1S/C10H15BrN4/c11-9-6-13-7-15-10(9)14-5-8-2-1-3-12-4-8/h6-8,12H,1-5H2,(H,13,14,15). The van der Waals surface area contributed by atoms with Gasteiger partial charge in [0.05, 0.1) is 4.47 Å². The first-order valence-corrected chi connectivity index (χ1v) is 6.05. The van der Waals surface area contributed by atoms with Gasteiger partial charge in [-0.05, 0) is 47.8 Å². The lowest BCUT2D eigenvalue weighted by molar-refractivity contribution is 0.392. The molecule has 0 aromatic carbocycles. The Balaban J connectivity index is 1.84. The van der Waals surface area contributed by atoms with Crippen LogP contribution >= 0.6 is 15.9 Å². The molecule has 0 amide bonds. The Morgan fingerprint density at radius 2 is 2.53 bits per heavy atom. The predicted octanol–water partition coefficient (Wildman–Crippen LogP) is 1.65. The van der Waals surface area contributed by atoms with E-state index in [2.05, 4.69) is 36.5 Å². The van der Waals surface area contributed by atoms with E-state index in [0.717, 1.165) is 29.9 Å². The molecule has 1 atom stereocenters. The second-order valence-electron chi connectivity index (χ2n) is 3.81. The van der Waals surface area contributed by atoms with Crippen LogP contribution in [0.2, 0.25) is 0 Å². The van der Waals surface area contributed by atoms with Crippen molar-refractivity contribution in [3.8, 4) is 0 Å². The summed E-state index contributed by atoms with van der Waals surface area (Å²) in [7, 11) is 0. The summed E-state index contributed by atoms with van der Waals surface area (Å²) in [5, 5.41) is 6.75. The van der Waals surface area contributed by atoms with Crippen LogP contribution in [0.1, 0.15) is 12.8 Å². The molecule has 1 aliphatic rings. The van der Waals surface area contributed by atoms with E-state index in [9.17, 15) is 0 Å². The summed E-state index contributed by atoms with van der Waals surface area (Å²) in [4.78, 5) is 8.10. The molecule has 15 heavy (non-hydrogen) atoms. The second-order valence-corrected chi connectivity index (χ2v) is 4.67. The van der Waals surface area contributed by atoms with Gasteiger partial charge in [0.15, 0.2) is 0 Å². The van der Waals surface area contributed by atoms with Crippen LogP contribution in [0.4, 0.5) is 5.82 Å². The lowest BCUT2D eigenvalue weighted by Crippen LogP contribution is -2.33. The zero-order valence-corrected chi connectivity index (χ0v) is 10.1. The van der Waals surface area contributed by atoms with Crippen LogP contribution in [0.5, 0.6) is 0 Å². The average molecular weight is 271 g/mol. The summed E-state index contributed by atoms with van der Waals surface area (Å²) < 4.78 is 0.925. The van der Waals surface area contributed by atoms with Crippen molar-refractivity contribution in [2.45, 2.75) is 12.8 Å². The highest BCUT2D eigenvalue weighted by Crippen LogP contribution is 2.18. The fourth-order valence-corrected chi connectivity index (χ4v) is 2.14. The molecule has 1 aromatic rings. The van der Waals surface area contributed by atoms with Gasteiger partial charge in [-0.2, -0.15) is 0 Å². The SMILES string of the molecule is Brc1cncnc1NCC1CCCNC1. The Morgan fingerprint density at radius 3 is 3.27 bits per heavy atom. The highest BCUT2D eigenvalue weighted by Gasteiger charge is 2.12. The molecule has 1 aliphatic heterocycles. The van der Waals surface area contributed by atoms with Crippen molar-refractivity contribution in [1.82, 2.24) is 15.3 Å². The van der Waals surface area contributed by atoms with E-state index >= 15 is 0 Å². The van der Waals surface area contributed by atoms with Gasteiger partial charge in [-0.3, -0.25) is 0 Å². The maximum Gasteiger partial charge on any atom is 0.143 e. The Bertz CT molecular complexity index is 312. The molecule has 1 aromatic heterocycles. The fourth-order valence-electron chi connectivity index (χ4n) is 1.78. The Morgan fingerprint density at radius 1 is 1.60 bits per heavy atom. The van der Waals surface area contributed by atoms with Crippen molar-refractivity contribution < 1.29 is 0 Å². The van der Waals surface area contributed by atoms with Crippen molar-refractivity contribution in [3.05, 3.63) is 17.0 Å². The van der Waals surface area contributed by atoms with E-state index < -0.39 is 0 Å². The first-order valence-electron chi connectivity index (χ1n) is 5.26. The lowest BCUT2D eigenvalue weighted by atomic mass is 10.00. The maximum absolute atomic E-state index is 4.17. The molecule has 2 N–H and O–H groups in total. The minimum Gasteiger partial charge on any atom is -0.369 e. The molecule has 0 spiro atoms. The molecular weight excluding hydrogens is 256 g/mol. The van der Waals surface area contributed by atoms with E-state index in [1.807, 2.05) is 0 Å². The summed E-state index contributed by atoms with van der Waals surface area (Å²) in [6.45, 7) is 3.24. The zero-order chi connectivity index (χ0) is 10.5. The van der Waals surface area contributed by atoms with Crippen LogP contribution in [0, 0.1) is 5.92 Å². The number of halogens is 1. The van der Waals surface area contributed by atoms with Gasteiger partial charge >= 0.3 is 0 Å². The van der Waals surface area contributed by atoms with Gasteiger partial charge in [0.2, 0.25) is 0 Å². The quantitative estimate of drug-likeness (QED) is 0.877. The van der Waals surface area contributed by atoms with E-state index in [0.29, 0.717) is 5.92 Å². The van der Waals surface area contributed by atoms with Crippen molar-refractivity contribution in [3.63, 3.8) is 0 Å². The molecule has 0 saturated carbocycles. The van der Waals surface area contributed by atoms with Gasteiger partial charge < -0.3 is 10.6 Å². The highest BCUT2D eigenvalue weighted by molar-refractivity contribution is 9.10. The van der Waals surface area contributed by atoms with Crippen molar-refractivity contribution in [2.75, 3.05) is 25.0 Å². The smallest absolute Gasteiger partial charge is 0.143 e. The van der Waals surface area contributed by atoms with Crippen molar-refractivity contribution >= 4 is 21.7 Å². The molecule has 0 radical (unpaired) electrons. The van der Waals surface area contributed by atoms with Crippen LogP contribution in [-0.2, 0) is 0 Å². The minimum absolute atomic E-state index is 0.709. The third kappa shape index (κ3) is 3.14. The van der Waals surface area contributed by atoms with Gasteiger partial charge in [0.25, 0.3) is 0 Å². The molecule has 1 unspecified atom stereocenters. The summed E-state index contributed by atoms with van der Waals surface area (Å²) in [5.41, 5.74) is 0. The van der Waals surface area contributed by atoms with E-state index in [1.165, 1.54) is 12.8 Å². The van der Waals surface area contributed by atoms with Crippen LogP contribution in [0.25, 0.3) is 0 Å². The summed E-state index contributed by atoms with van der Waals surface area (Å²) >= 11 is 3.42. The van der Waals surface area contributed by atoms with Crippen LogP contribution in [0.3, 0.4) is 0 Å². The number of aromatic nitrogens is 2. The van der Waals surface area contributed by atoms with Gasteiger partial charge in [0.1, 0.15) is 12.1 Å². The molecule has 2 heterocycles. The number of nitrogens with one attached hydrogen (secondary N) is 2. The van der Waals surface area contributed by atoms with Crippen LogP contribution in [0.15, 0.2) is 17.0 Å². The highest BCUT2D eigenvalue weighted by atomic mass is 79.9. The fraction of sp³-hybridized carbons (Fsp3) is 0.600. The summed E-state index contributed by atoms with van der Waals surface area (Å²) in [5.74, 6) is 1.59. The Kier molecular flexibility index (Phi) is 3.91. The second kappa shape index (κ2) is 5.42. The predicted molar refractivity (Wildman–Crippen MR) is 63.8 cm³/mol. The molecule has 4 nitrogen and oxygen atoms in total. The Hall–Kier alpha value is -0.680. The topological polar surface area (TPSA) is 49.8 Å². The zero-order valence-electron chi connectivity index (χ0n) is 8.54. The number of hydrogen-bond donors (Lipinski definition) is 2. The Labute approximate surface area is 98.0 Å². The lowest BCUT2D eigenvalue weighted by Gasteiger charge is -2.23. The van der Waals surface area contributed by atoms with Crippen molar-refractivity contribution in [2.24, 2.45) is 5.92 Å². The van der Waals surface area contributed by atoms with E-state index in [4.69, 9.17) is 0 Å². The molecule has 0 aliphatic carbocycles. The van der Waals surface area contributed by atoms with Gasteiger partial charge in [-0.25, -0.2) is 9.97 Å². The number of nitrogens with zero attached hydrogens (tertiary/aromatic N) is 2. The number of hydrogen-bond acceptors (Lipinski definition) is 4. The molecule has 82 valence electrons. The molecule has 1 saturated heterocycles. The first-order chi connectivity index (χ1) is 7.36. The number of anilines is 1. The summed E-state index contributed by atoms with van der Waals surface area (Å²) in [6, 6.07) is 0. The van der Waals surface area contributed by atoms with Gasteiger partial charge in [-0.15, -0.1) is 0 Å². The molecule has 5 heteroatoms. The third-order valence-corrected chi connectivity index (χ3v) is 3.21. The average Bonchev–Trinajstić information content (AvgIpc) is 2.29. The molecule has 1 fully saturated rings. The van der Waals surface area contributed by atoms with Crippen molar-refractivity contribution in [1.29, 1.82) is 0 Å². The normalized spacial score (nSPS) is 21.3. The van der Waals surface area contributed by atoms with Crippen LogP contribution in [-0.4, -0.2) is 29.6 Å². The largest absolute Gasteiger partial charge is 0.369 e. The molecule has 2 rings (SSSR count). The van der Waals surface area contributed by atoms with Gasteiger partial charge in [-0.1, -0.05) is 0 Å². The third-order valence-electron chi connectivity index (χ3n) is 2.62. The number of piperidine rings is 1. The van der Waals surface area contributed by atoms with E-state index in [-0.39, 0.29) is 0 Å². The first kappa shape index (κ1) is 10.8. The van der Waals surface area contributed by atoms with Gasteiger partial charge in [0, 0.05) is 12.7 Å². The number of rotatable bonds is 3. The monoisotopic (exact) mass is 270 g/mol. The molecular formula is C10H15BrN4.